The number of aromatic nitrogens is 1. The summed E-state index contributed by atoms with van der Waals surface area (Å²) < 4.78 is 20.7. The number of para-hydroxylation sites is 1. The molecule has 0 spiro atoms. The summed E-state index contributed by atoms with van der Waals surface area (Å²) in [7, 11) is 0. The summed E-state index contributed by atoms with van der Waals surface area (Å²) >= 11 is 0. The van der Waals surface area contributed by atoms with Crippen molar-refractivity contribution in [1.82, 2.24) is 14.8 Å². The van der Waals surface area contributed by atoms with Crippen molar-refractivity contribution in [3.8, 4) is 0 Å². The summed E-state index contributed by atoms with van der Waals surface area (Å²) in [4.78, 5) is 34.4. The molecular weight excluding hydrogens is 481 g/mol. The molecule has 0 atom stereocenters. The molecule has 200 valence electrons. The van der Waals surface area contributed by atoms with E-state index in [1.807, 2.05) is 38.1 Å². The Labute approximate surface area is 223 Å². The number of halogens is 1. The third-order valence-corrected chi connectivity index (χ3v) is 7.44. The molecule has 6 nitrogen and oxygen atoms in total. The van der Waals surface area contributed by atoms with E-state index in [2.05, 4.69) is 9.88 Å². The molecule has 0 unspecified atom stereocenters. The zero-order valence-corrected chi connectivity index (χ0v) is 22.6. The lowest BCUT2D eigenvalue weighted by Gasteiger charge is -2.30. The lowest BCUT2D eigenvalue weighted by molar-refractivity contribution is -0.140. The number of hydrogen-bond acceptors (Lipinski definition) is 4. The van der Waals surface area contributed by atoms with Gasteiger partial charge >= 0.3 is 5.97 Å². The minimum absolute atomic E-state index is 0.0126. The second kappa shape index (κ2) is 10.4. The largest absolute Gasteiger partial charge is 0.459 e. The summed E-state index contributed by atoms with van der Waals surface area (Å²) in [5, 5.41) is 0.986. The van der Waals surface area contributed by atoms with Gasteiger partial charge in [0, 0.05) is 35.6 Å². The first kappa shape index (κ1) is 26.2. The number of nitrogens with zero attached hydrogens (tertiary/aromatic N) is 2. The van der Waals surface area contributed by atoms with E-state index < -0.39 is 23.1 Å². The highest BCUT2D eigenvalue weighted by molar-refractivity contribution is 6.18. The van der Waals surface area contributed by atoms with Gasteiger partial charge in [0.05, 0.1) is 22.9 Å². The van der Waals surface area contributed by atoms with E-state index in [9.17, 15) is 9.59 Å². The molecular formula is C31H36FN3O3. The predicted molar refractivity (Wildman–Crippen MR) is 147 cm³/mol. The third kappa shape index (κ3) is 5.12. The van der Waals surface area contributed by atoms with Gasteiger partial charge in [-0.25, -0.2) is 9.18 Å². The van der Waals surface area contributed by atoms with Gasteiger partial charge in [0.15, 0.2) is 0 Å². The number of aromatic amines is 1. The number of ether oxygens (including phenoxy) is 1. The summed E-state index contributed by atoms with van der Waals surface area (Å²) in [6.45, 7) is 10.6. The van der Waals surface area contributed by atoms with Crippen molar-refractivity contribution in [2.24, 2.45) is 0 Å². The van der Waals surface area contributed by atoms with Crippen LogP contribution in [0.2, 0.25) is 0 Å². The maximum absolute atomic E-state index is 15.1. The van der Waals surface area contributed by atoms with Crippen LogP contribution >= 0.6 is 0 Å². The number of fused-ring (bicyclic) bond motifs is 3. The average Bonchev–Trinajstić information content (AvgIpc) is 3.22. The molecule has 3 heterocycles. The van der Waals surface area contributed by atoms with Crippen molar-refractivity contribution in [2.75, 3.05) is 19.6 Å². The number of benzene rings is 2. The highest BCUT2D eigenvalue weighted by Gasteiger charge is 2.38. The second-order valence-corrected chi connectivity index (χ2v) is 11.4. The van der Waals surface area contributed by atoms with Crippen LogP contribution in [0.1, 0.15) is 74.1 Å². The highest BCUT2D eigenvalue weighted by Crippen LogP contribution is 2.40. The summed E-state index contributed by atoms with van der Waals surface area (Å²) in [5.74, 6) is -1.56. The van der Waals surface area contributed by atoms with Crippen molar-refractivity contribution >= 4 is 28.4 Å². The SMILES string of the molecule is CC(C)OC(=O)C1=CN(C(=O)c2cc(CN3CCCCC3)ccc2F)CC(C)(C)c2c1[nH]c1ccccc21. The van der Waals surface area contributed by atoms with Gasteiger partial charge in [-0.15, -0.1) is 0 Å². The number of esters is 1. The number of rotatable bonds is 5. The molecule has 0 radical (unpaired) electrons. The predicted octanol–water partition coefficient (Wildman–Crippen LogP) is 6.02. The van der Waals surface area contributed by atoms with Gasteiger partial charge in [-0.3, -0.25) is 9.69 Å². The van der Waals surface area contributed by atoms with Crippen LogP contribution in [0, 0.1) is 5.82 Å². The maximum Gasteiger partial charge on any atom is 0.342 e. The molecule has 38 heavy (non-hydrogen) atoms. The lowest BCUT2D eigenvalue weighted by Crippen LogP contribution is -2.37. The smallest absolute Gasteiger partial charge is 0.342 e. The van der Waals surface area contributed by atoms with E-state index in [4.69, 9.17) is 4.74 Å². The fraction of sp³-hybridized carbons (Fsp3) is 0.419. The van der Waals surface area contributed by atoms with E-state index in [1.165, 1.54) is 23.6 Å². The van der Waals surface area contributed by atoms with Crippen LogP contribution in [0.5, 0.6) is 0 Å². The van der Waals surface area contributed by atoms with Crippen LogP contribution < -0.4 is 0 Å². The Morgan fingerprint density at radius 1 is 1.08 bits per heavy atom. The number of carbonyl (C=O) groups is 2. The molecule has 2 aliphatic heterocycles. The molecule has 1 fully saturated rings. The fourth-order valence-corrected chi connectivity index (χ4v) is 5.75. The number of amides is 1. The Bertz CT molecular complexity index is 1400. The molecule has 2 aliphatic rings. The Balaban J connectivity index is 1.56. The zero-order valence-electron chi connectivity index (χ0n) is 22.6. The van der Waals surface area contributed by atoms with Crippen molar-refractivity contribution in [2.45, 2.75) is 65.0 Å². The first-order valence-electron chi connectivity index (χ1n) is 13.5. The summed E-state index contributed by atoms with van der Waals surface area (Å²) in [6, 6.07) is 12.7. The number of hydrogen-bond donors (Lipinski definition) is 1. The third-order valence-electron chi connectivity index (χ3n) is 7.44. The molecule has 1 saturated heterocycles. The normalized spacial score (nSPS) is 17.7. The fourth-order valence-electron chi connectivity index (χ4n) is 5.75. The van der Waals surface area contributed by atoms with E-state index in [1.54, 1.807) is 26.0 Å². The molecule has 7 heteroatoms. The van der Waals surface area contributed by atoms with E-state index >= 15 is 4.39 Å². The first-order valence-corrected chi connectivity index (χ1v) is 13.5. The van der Waals surface area contributed by atoms with Gasteiger partial charge in [-0.1, -0.05) is 44.5 Å². The van der Waals surface area contributed by atoms with Crippen LogP contribution in [0.25, 0.3) is 16.5 Å². The minimum Gasteiger partial charge on any atom is -0.459 e. The topological polar surface area (TPSA) is 65.6 Å². The highest BCUT2D eigenvalue weighted by atomic mass is 19.1. The average molecular weight is 518 g/mol. The summed E-state index contributed by atoms with van der Waals surface area (Å²) in [5.41, 5.74) is 3.12. The Morgan fingerprint density at radius 3 is 2.55 bits per heavy atom. The number of H-pyrrole nitrogens is 1. The van der Waals surface area contributed by atoms with Crippen LogP contribution in [0.4, 0.5) is 4.39 Å². The Morgan fingerprint density at radius 2 is 1.82 bits per heavy atom. The van der Waals surface area contributed by atoms with Crippen molar-refractivity contribution in [3.63, 3.8) is 0 Å². The van der Waals surface area contributed by atoms with Crippen molar-refractivity contribution in [3.05, 3.63) is 76.9 Å². The standard InChI is InChI=1S/C31H36FN3O3/c1-20(2)38-30(37)24-18-35(19-31(3,4)27-22-10-6-7-11-26(22)33-28(24)27)29(36)23-16-21(12-13-25(23)32)17-34-14-8-5-9-15-34/h6-7,10-13,16,18,20,33H,5,8-9,14-15,17,19H2,1-4H3. The van der Waals surface area contributed by atoms with Crippen LogP contribution in [0.3, 0.4) is 0 Å². The van der Waals surface area contributed by atoms with Crippen LogP contribution in [0.15, 0.2) is 48.7 Å². The Hall–Kier alpha value is -3.45. The maximum atomic E-state index is 15.1. The molecule has 3 aromatic rings. The van der Waals surface area contributed by atoms with Crippen molar-refractivity contribution in [1.29, 1.82) is 0 Å². The molecule has 5 rings (SSSR count). The lowest BCUT2D eigenvalue weighted by atomic mass is 9.81. The molecule has 0 saturated carbocycles. The minimum atomic E-state index is -0.567. The van der Waals surface area contributed by atoms with Crippen LogP contribution in [-0.4, -0.2) is 52.4 Å². The molecule has 0 aliphatic carbocycles. The van der Waals surface area contributed by atoms with Gasteiger partial charge in [-0.2, -0.15) is 0 Å². The van der Waals surface area contributed by atoms with Gasteiger partial charge < -0.3 is 14.6 Å². The molecule has 2 aromatic carbocycles. The number of nitrogens with one attached hydrogen (secondary N) is 1. The number of likely N-dealkylation sites (tertiary alicyclic amines) is 1. The quantitative estimate of drug-likeness (QED) is 0.421. The van der Waals surface area contributed by atoms with Gasteiger partial charge in [0.2, 0.25) is 0 Å². The summed E-state index contributed by atoms with van der Waals surface area (Å²) in [6.07, 6.45) is 4.75. The zero-order chi connectivity index (χ0) is 27.0. The van der Waals surface area contributed by atoms with Crippen LogP contribution in [-0.2, 0) is 21.5 Å². The first-order chi connectivity index (χ1) is 18.1. The van der Waals surface area contributed by atoms with E-state index in [0.29, 0.717) is 12.2 Å². The van der Waals surface area contributed by atoms with E-state index in [-0.39, 0.29) is 23.8 Å². The number of carbonyl (C=O) groups excluding carboxylic acids is 2. The number of piperidine rings is 1. The van der Waals surface area contributed by atoms with E-state index in [0.717, 1.165) is 48.0 Å². The van der Waals surface area contributed by atoms with Gasteiger partial charge in [0.1, 0.15) is 5.82 Å². The Kier molecular flexibility index (Phi) is 7.14. The second-order valence-electron chi connectivity index (χ2n) is 11.4. The molecule has 1 amide bonds. The monoisotopic (exact) mass is 517 g/mol. The van der Waals surface area contributed by atoms with Gasteiger partial charge in [0.25, 0.3) is 5.91 Å². The van der Waals surface area contributed by atoms with Crippen molar-refractivity contribution < 1.29 is 18.7 Å². The van der Waals surface area contributed by atoms with Gasteiger partial charge in [-0.05, 0) is 69.1 Å². The molecule has 0 bridgehead atoms. The molecule has 1 N–H and O–H groups in total. The molecule has 1 aromatic heterocycles.